The quantitative estimate of drug-likeness (QED) is 0.341. The predicted octanol–water partition coefficient (Wildman–Crippen LogP) is 6.18. The van der Waals surface area contributed by atoms with E-state index in [4.69, 9.17) is 0 Å². The van der Waals surface area contributed by atoms with Crippen LogP contribution in [-0.4, -0.2) is 52.4 Å². The first-order valence-corrected chi connectivity index (χ1v) is 13.4. The lowest BCUT2D eigenvalue weighted by atomic mass is 9.79. The van der Waals surface area contributed by atoms with Gasteiger partial charge in [-0.2, -0.15) is 0 Å². The van der Waals surface area contributed by atoms with Gasteiger partial charge < -0.3 is 20.1 Å². The third-order valence-corrected chi connectivity index (χ3v) is 7.92. The summed E-state index contributed by atoms with van der Waals surface area (Å²) in [7, 11) is 0. The molecule has 2 unspecified atom stereocenters. The number of aromatic nitrogens is 1. The van der Waals surface area contributed by atoms with Crippen LogP contribution in [0.15, 0.2) is 85.1 Å². The SMILES string of the molecule is CCN(CC)C(=O)C1C=C2c3cccc4[nH]cc(c34)CC2N(C(=O)Nc2ccc(-c3ccccc3)cc2)C1. The van der Waals surface area contributed by atoms with Crippen molar-refractivity contribution in [1.29, 1.82) is 0 Å². The van der Waals surface area contributed by atoms with Crippen molar-refractivity contribution in [1.82, 2.24) is 14.8 Å². The Bertz CT molecular complexity index is 1520. The molecule has 0 saturated heterocycles. The standard InChI is InChI=1S/C32H32N4O2/c1-3-35(4-2)31(37)24-17-27-26-11-8-12-28-30(26)23(19-33-28)18-29(27)36(20-24)32(38)34-25-15-13-22(14-16-25)21-9-6-5-7-10-21/h5-17,19,24,29,33H,3-4,18,20H2,1-2H3,(H,34,38). The highest BCUT2D eigenvalue weighted by Crippen LogP contribution is 2.41. The molecule has 0 spiro atoms. The van der Waals surface area contributed by atoms with Gasteiger partial charge in [0.1, 0.15) is 0 Å². The Hall–Kier alpha value is -4.32. The number of aromatic amines is 1. The van der Waals surface area contributed by atoms with Crippen molar-refractivity contribution in [3.8, 4) is 11.1 Å². The Kier molecular flexibility index (Phi) is 6.24. The summed E-state index contributed by atoms with van der Waals surface area (Å²) in [5.74, 6) is -0.318. The summed E-state index contributed by atoms with van der Waals surface area (Å²) in [5.41, 5.74) is 7.42. The number of urea groups is 1. The molecule has 0 saturated carbocycles. The van der Waals surface area contributed by atoms with Crippen LogP contribution in [0.1, 0.15) is 25.0 Å². The molecule has 6 nitrogen and oxygen atoms in total. The van der Waals surface area contributed by atoms with E-state index in [0.717, 1.165) is 39.9 Å². The van der Waals surface area contributed by atoms with E-state index in [2.05, 4.69) is 46.8 Å². The second kappa shape index (κ2) is 9.86. The number of benzene rings is 3. The number of nitrogens with one attached hydrogen (secondary N) is 2. The Morgan fingerprint density at radius 2 is 1.68 bits per heavy atom. The first-order chi connectivity index (χ1) is 18.6. The molecule has 6 heteroatoms. The summed E-state index contributed by atoms with van der Waals surface area (Å²) in [4.78, 5) is 34.4. The molecule has 192 valence electrons. The van der Waals surface area contributed by atoms with Crippen LogP contribution in [-0.2, 0) is 11.2 Å². The molecule has 6 rings (SSSR count). The zero-order valence-electron chi connectivity index (χ0n) is 21.8. The Morgan fingerprint density at radius 3 is 2.42 bits per heavy atom. The van der Waals surface area contributed by atoms with Gasteiger partial charge >= 0.3 is 6.03 Å². The average molecular weight is 505 g/mol. The molecule has 3 amide bonds. The highest BCUT2D eigenvalue weighted by atomic mass is 16.2. The van der Waals surface area contributed by atoms with Crippen LogP contribution in [0.2, 0.25) is 0 Å². The van der Waals surface area contributed by atoms with Crippen molar-refractivity contribution in [2.45, 2.75) is 26.3 Å². The number of H-pyrrole nitrogens is 1. The number of anilines is 1. The number of rotatable bonds is 5. The van der Waals surface area contributed by atoms with Crippen LogP contribution in [0.5, 0.6) is 0 Å². The van der Waals surface area contributed by atoms with Gasteiger partial charge in [0, 0.05) is 42.4 Å². The molecule has 38 heavy (non-hydrogen) atoms. The van der Waals surface area contributed by atoms with Crippen LogP contribution >= 0.6 is 0 Å². The monoisotopic (exact) mass is 504 g/mol. The average Bonchev–Trinajstić information content (AvgIpc) is 3.38. The van der Waals surface area contributed by atoms with Crippen molar-refractivity contribution >= 4 is 34.1 Å². The first-order valence-electron chi connectivity index (χ1n) is 13.4. The molecule has 2 N–H and O–H groups in total. The molecule has 1 aliphatic carbocycles. The molecule has 2 atom stereocenters. The van der Waals surface area contributed by atoms with E-state index in [1.807, 2.05) is 72.2 Å². The van der Waals surface area contributed by atoms with Crippen molar-refractivity contribution in [3.63, 3.8) is 0 Å². The van der Waals surface area contributed by atoms with Gasteiger partial charge in [-0.3, -0.25) is 4.79 Å². The summed E-state index contributed by atoms with van der Waals surface area (Å²) in [6, 6.07) is 24.0. The lowest BCUT2D eigenvalue weighted by molar-refractivity contribution is -0.134. The summed E-state index contributed by atoms with van der Waals surface area (Å²) in [5, 5.41) is 4.31. The molecule has 0 radical (unpaired) electrons. The number of hydrogen-bond acceptors (Lipinski definition) is 2. The zero-order chi connectivity index (χ0) is 26.2. The lowest BCUT2D eigenvalue weighted by Crippen LogP contribution is -2.52. The zero-order valence-corrected chi connectivity index (χ0v) is 21.8. The second-order valence-electron chi connectivity index (χ2n) is 10.0. The van der Waals surface area contributed by atoms with Crippen LogP contribution in [0.3, 0.4) is 0 Å². The first kappa shape index (κ1) is 24.0. The van der Waals surface area contributed by atoms with Gasteiger partial charge in [-0.15, -0.1) is 0 Å². The minimum atomic E-state index is -0.386. The third kappa shape index (κ3) is 4.16. The second-order valence-corrected chi connectivity index (χ2v) is 10.0. The maximum atomic E-state index is 13.8. The van der Waals surface area contributed by atoms with Crippen molar-refractivity contribution in [2.24, 2.45) is 5.92 Å². The normalized spacial score (nSPS) is 18.1. The van der Waals surface area contributed by atoms with Crippen LogP contribution in [0.25, 0.3) is 27.6 Å². The molecule has 2 heterocycles. The van der Waals surface area contributed by atoms with Gasteiger partial charge in [0.05, 0.1) is 12.0 Å². The van der Waals surface area contributed by atoms with E-state index < -0.39 is 0 Å². The minimum Gasteiger partial charge on any atom is -0.361 e. The van der Waals surface area contributed by atoms with Gasteiger partial charge in [0.2, 0.25) is 5.91 Å². The van der Waals surface area contributed by atoms with Gasteiger partial charge in [-0.05, 0) is 66.3 Å². The molecule has 3 aromatic carbocycles. The smallest absolute Gasteiger partial charge is 0.322 e. The molecule has 0 bridgehead atoms. The Morgan fingerprint density at radius 1 is 0.947 bits per heavy atom. The minimum absolute atomic E-state index is 0.0676. The number of fused-ring (bicyclic) bond motifs is 2. The molecular weight excluding hydrogens is 472 g/mol. The van der Waals surface area contributed by atoms with E-state index in [0.29, 0.717) is 19.6 Å². The number of carbonyl (C=O) groups excluding carboxylic acids is 2. The van der Waals surface area contributed by atoms with Crippen molar-refractivity contribution < 1.29 is 9.59 Å². The maximum absolute atomic E-state index is 13.8. The number of nitrogens with zero attached hydrogens (tertiary/aromatic N) is 2. The predicted molar refractivity (Wildman–Crippen MR) is 153 cm³/mol. The van der Waals surface area contributed by atoms with Gasteiger partial charge in [0.15, 0.2) is 0 Å². The van der Waals surface area contributed by atoms with Gasteiger partial charge in [-0.25, -0.2) is 4.79 Å². The van der Waals surface area contributed by atoms with Crippen molar-refractivity contribution in [2.75, 3.05) is 25.0 Å². The largest absolute Gasteiger partial charge is 0.361 e. The van der Waals surface area contributed by atoms with Crippen LogP contribution < -0.4 is 5.32 Å². The topological polar surface area (TPSA) is 68.4 Å². The molecule has 0 fully saturated rings. The fourth-order valence-corrected chi connectivity index (χ4v) is 5.96. The fraction of sp³-hybridized carbons (Fsp3) is 0.250. The van der Waals surface area contributed by atoms with E-state index in [1.54, 1.807) is 0 Å². The van der Waals surface area contributed by atoms with E-state index in [-0.39, 0.29) is 23.9 Å². The molecule has 1 aliphatic heterocycles. The van der Waals surface area contributed by atoms with E-state index >= 15 is 0 Å². The van der Waals surface area contributed by atoms with Crippen molar-refractivity contribution in [3.05, 3.63) is 96.2 Å². The highest BCUT2D eigenvalue weighted by molar-refractivity contribution is 6.01. The molecule has 1 aromatic heterocycles. The van der Waals surface area contributed by atoms with Gasteiger partial charge in [-0.1, -0.05) is 60.7 Å². The van der Waals surface area contributed by atoms with Crippen LogP contribution in [0, 0.1) is 5.92 Å². The Labute approximate surface area is 223 Å². The number of amides is 3. The lowest BCUT2D eigenvalue weighted by Gasteiger charge is -2.42. The molecular formula is C32H32N4O2. The van der Waals surface area contributed by atoms with E-state index in [1.165, 1.54) is 10.9 Å². The number of hydrogen-bond donors (Lipinski definition) is 2. The molecule has 2 aliphatic rings. The summed E-state index contributed by atoms with van der Waals surface area (Å²) >= 11 is 0. The Balaban J connectivity index is 1.32. The maximum Gasteiger partial charge on any atom is 0.322 e. The van der Waals surface area contributed by atoms with Gasteiger partial charge in [0.25, 0.3) is 0 Å². The summed E-state index contributed by atoms with van der Waals surface area (Å²) < 4.78 is 0. The summed E-state index contributed by atoms with van der Waals surface area (Å²) in [6.45, 7) is 5.65. The summed E-state index contributed by atoms with van der Waals surface area (Å²) in [6.07, 6.45) is 4.89. The number of carbonyl (C=O) groups is 2. The van der Waals surface area contributed by atoms with Crippen LogP contribution in [0.4, 0.5) is 10.5 Å². The van der Waals surface area contributed by atoms with E-state index in [9.17, 15) is 9.59 Å². The highest BCUT2D eigenvalue weighted by Gasteiger charge is 2.40. The fourth-order valence-electron chi connectivity index (χ4n) is 5.96. The molecule has 4 aromatic rings. The third-order valence-electron chi connectivity index (χ3n) is 7.92.